The third-order valence-electron chi connectivity index (χ3n) is 9.95. The molecule has 0 saturated heterocycles. The number of hydrogen-bond acceptors (Lipinski definition) is 2. The van der Waals surface area contributed by atoms with Gasteiger partial charge in [0, 0.05) is 11.8 Å². The highest BCUT2D eigenvalue weighted by Gasteiger charge is 2.94. The fourth-order valence-electron chi connectivity index (χ4n) is 7.94. The van der Waals surface area contributed by atoms with E-state index >= 15 is 13.2 Å². The minimum Gasteiger partial charge on any atom is -0.352 e. The monoisotopic (exact) mass is 538 g/mol. The third kappa shape index (κ3) is 3.99. The summed E-state index contributed by atoms with van der Waals surface area (Å²) in [7, 11) is 0. The topological polar surface area (TPSA) is 18.5 Å². The number of hydrogen-bond donors (Lipinski definition) is 0. The standard InChI is InChI=1S/C25H35F9O2/c1-14-15(2)19-12-18(14)21(26,22(19,27)28)23(24(29,30)31,25(32,33)34)36-13-35-20-11-7-6-10-17(20)16-8-4-3-5-9-16/h14-20H,3-13H2,1-2H3. The minimum atomic E-state index is -6.49. The van der Waals surface area contributed by atoms with Crippen molar-refractivity contribution in [1.29, 1.82) is 0 Å². The van der Waals surface area contributed by atoms with Crippen molar-refractivity contribution in [3.05, 3.63) is 0 Å². The zero-order valence-electron chi connectivity index (χ0n) is 20.5. The predicted molar refractivity (Wildman–Crippen MR) is 113 cm³/mol. The van der Waals surface area contributed by atoms with Crippen LogP contribution in [0.25, 0.3) is 0 Å². The molecule has 0 aromatic carbocycles. The molecule has 7 unspecified atom stereocenters. The van der Waals surface area contributed by atoms with Crippen LogP contribution in [0.3, 0.4) is 0 Å². The molecular weight excluding hydrogens is 503 g/mol. The molecule has 0 spiro atoms. The molecule has 4 fully saturated rings. The summed E-state index contributed by atoms with van der Waals surface area (Å²) in [6.45, 7) is 0.976. The zero-order valence-corrected chi connectivity index (χ0v) is 20.5. The lowest BCUT2D eigenvalue weighted by Gasteiger charge is -2.53. The molecule has 4 aliphatic rings. The number of alkyl halides is 9. The predicted octanol–water partition coefficient (Wildman–Crippen LogP) is 8.25. The summed E-state index contributed by atoms with van der Waals surface area (Å²) in [5, 5.41) is 0. The quantitative estimate of drug-likeness (QED) is 0.251. The van der Waals surface area contributed by atoms with Crippen LogP contribution in [-0.4, -0.2) is 42.4 Å². The Morgan fingerprint density at radius 1 is 0.722 bits per heavy atom. The van der Waals surface area contributed by atoms with Crippen LogP contribution in [-0.2, 0) is 9.47 Å². The first kappa shape index (κ1) is 28.3. The van der Waals surface area contributed by atoms with E-state index in [9.17, 15) is 26.3 Å². The SMILES string of the molecule is CC1C(C)C2CC1C(F)(F)C2(F)C(OCOC1CCCCC1C1CCCCC1)(C(F)(F)F)C(F)(F)F. The summed E-state index contributed by atoms with van der Waals surface area (Å²) in [6, 6.07) is 0. The van der Waals surface area contributed by atoms with Crippen LogP contribution in [0.5, 0.6) is 0 Å². The molecule has 0 aromatic heterocycles. The Morgan fingerprint density at radius 2 is 1.25 bits per heavy atom. The lowest BCUT2D eigenvalue weighted by molar-refractivity contribution is -0.454. The van der Waals surface area contributed by atoms with Crippen molar-refractivity contribution < 1.29 is 49.0 Å². The van der Waals surface area contributed by atoms with Crippen molar-refractivity contribution in [2.75, 3.05) is 6.79 Å². The summed E-state index contributed by atoms with van der Waals surface area (Å²) in [5.41, 5.74) is -10.7. The van der Waals surface area contributed by atoms with Crippen molar-refractivity contribution in [3.63, 3.8) is 0 Å². The smallest absolute Gasteiger partial charge is 0.352 e. The molecule has 0 aliphatic heterocycles. The van der Waals surface area contributed by atoms with Gasteiger partial charge in [-0.1, -0.05) is 58.8 Å². The molecule has 210 valence electrons. The van der Waals surface area contributed by atoms with E-state index in [-0.39, 0.29) is 11.8 Å². The van der Waals surface area contributed by atoms with Gasteiger partial charge < -0.3 is 9.47 Å². The van der Waals surface area contributed by atoms with Gasteiger partial charge in [-0.3, -0.25) is 0 Å². The Hall–Kier alpha value is -0.710. The molecule has 2 nitrogen and oxygen atoms in total. The zero-order chi connectivity index (χ0) is 26.7. The fourth-order valence-corrected chi connectivity index (χ4v) is 7.94. The second-order valence-electron chi connectivity index (χ2n) is 11.5. The van der Waals surface area contributed by atoms with Crippen molar-refractivity contribution in [1.82, 2.24) is 0 Å². The number of ether oxygens (including phenoxy) is 2. The Morgan fingerprint density at radius 3 is 1.81 bits per heavy atom. The maximum Gasteiger partial charge on any atom is 0.430 e. The van der Waals surface area contributed by atoms with Crippen molar-refractivity contribution in [2.24, 2.45) is 35.5 Å². The molecule has 4 aliphatic carbocycles. The molecule has 7 atom stereocenters. The second-order valence-corrected chi connectivity index (χ2v) is 11.5. The molecule has 2 bridgehead atoms. The molecule has 0 radical (unpaired) electrons. The molecule has 4 rings (SSSR count). The average Bonchev–Trinajstić information content (AvgIpc) is 3.21. The van der Waals surface area contributed by atoms with Gasteiger partial charge in [-0.05, 0) is 42.9 Å². The Labute approximate surface area is 205 Å². The van der Waals surface area contributed by atoms with Gasteiger partial charge in [0.2, 0.25) is 5.67 Å². The van der Waals surface area contributed by atoms with Crippen molar-refractivity contribution in [3.8, 4) is 0 Å². The van der Waals surface area contributed by atoms with Gasteiger partial charge in [-0.2, -0.15) is 26.3 Å². The molecule has 0 amide bonds. The summed E-state index contributed by atoms with van der Waals surface area (Å²) in [4.78, 5) is 0. The molecule has 4 saturated carbocycles. The number of rotatable bonds is 6. The first-order valence-electron chi connectivity index (χ1n) is 13.1. The van der Waals surface area contributed by atoms with Gasteiger partial charge in [0.15, 0.2) is 0 Å². The lowest BCUT2D eigenvalue weighted by Crippen LogP contribution is -2.78. The Bertz CT molecular complexity index is 762. The van der Waals surface area contributed by atoms with Crippen LogP contribution >= 0.6 is 0 Å². The Kier molecular flexibility index (Phi) is 7.46. The number of halogens is 9. The first-order chi connectivity index (χ1) is 16.6. The molecule has 11 heteroatoms. The fraction of sp³-hybridized carbons (Fsp3) is 1.00. The maximum absolute atomic E-state index is 16.3. The van der Waals surface area contributed by atoms with Crippen LogP contribution in [0.15, 0.2) is 0 Å². The molecular formula is C25H35F9O2. The van der Waals surface area contributed by atoms with Crippen LogP contribution in [0.4, 0.5) is 39.5 Å². The first-order valence-corrected chi connectivity index (χ1v) is 13.1. The maximum atomic E-state index is 16.3. The van der Waals surface area contributed by atoms with Crippen molar-refractivity contribution in [2.45, 2.75) is 114 Å². The molecule has 36 heavy (non-hydrogen) atoms. The normalized spacial score (nSPS) is 40.1. The van der Waals surface area contributed by atoms with E-state index in [2.05, 4.69) is 4.74 Å². The third-order valence-corrected chi connectivity index (χ3v) is 9.95. The molecule has 0 N–H and O–H groups in total. The van der Waals surface area contributed by atoms with Gasteiger partial charge in [0.25, 0.3) is 5.92 Å². The van der Waals surface area contributed by atoms with Gasteiger partial charge >= 0.3 is 18.0 Å². The minimum absolute atomic E-state index is 0.0574. The van der Waals surface area contributed by atoms with E-state index < -0.39 is 72.5 Å². The van der Waals surface area contributed by atoms with E-state index in [1.54, 1.807) is 0 Å². The summed E-state index contributed by atoms with van der Waals surface area (Å²) < 4.78 is 143. The van der Waals surface area contributed by atoms with Crippen LogP contribution < -0.4 is 0 Å². The summed E-state index contributed by atoms with van der Waals surface area (Å²) in [5.74, 6) is -10.8. The second kappa shape index (κ2) is 9.49. The highest BCUT2D eigenvalue weighted by atomic mass is 19.4. The van der Waals surface area contributed by atoms with E-state index in [1.165, 1.54) is 13.8 Å². The molecule has 0 heterocycles. The van der Waals surface area contributed by atoms with Gasteiger partial charge in [0.05, 0.1) is 6.10 Å². The largest absolute Gasteiger partial charge is 0.430 e. The summed E-state index contributed by atoms with van der Waals surface area (Å²) >= 11 is 0. The van der Waals surface area contributed by atoms with Crippen LogP contribution in [0.1, 0.15) is 78.1 Å². The van der Waals surface area contributed by atoms with E-state index in [4.69, 9.17) is 4.74 Å². The van der Waals surface area contributed by atoms with Crippen molar-refractivity contribution >= 4 is 0 Å². The lowest BCUT2D eigenvalue weighted by atomic mass is 9.63. The van der Waals surface area contributed by atoms with Crippen LogP contribution in [0, 0.1) is 35.5 Å². The van der Waals surface area contributed by atoms with Gasteiger partial charge in [0.1, 0.15) is 6.79 Å². The highest BCUT2D eigenvalue weighted by molar-refractivity contribution is 5.28. The van der Waals surface area contributed by atoms with E-state index in [0.29, 0.717) is 12.8 Å². The van der Waals surface area contributed by atoms with Crippen LogP contribution in [0.2, 0.25) is 0 Å². The van der Waals surface area contributed by atoms with Gasteiger partial charge in [-0.25, -0.2) is 13.2 Å². The highest BCUT2D eigenvalue weighted by Crippen LogP contribution is 2.73. The van der Waals surface area contributed by atoms with E-state index in [1.807, 2.05) is 0 Å². The molecule has 0 aromatic rings. The summed E-state index contributed by atoms with van der Waals surface area (Å²) in [6.07, 6.45) is -6.84. The van der Waals surface area contributed by atoms with E-state index in [0.717, 1.165) is 44.9 Å². The Balaban J connectivity index is 1.64. The van der Waals surface area contributed by atoms with Gasteiger partial charge in [-0.15, -0.1) is 0 Å². The number of fused-ring (bicyclic) bond motifs is 2. The average molecular weight is 539 g/mol.